The first kappa shape index (κ1) is 21.5. The molecule has 0 radical (unpaired) electrons. The SMILES string of the molecule is Cc1ccc(N)cc1C(=O)Nc1cc(C(C)(C)C)nn1Cc1ccccc1.Cl. The molecule has 1 heterocycles. The van der Waals surface area contributed by atoms with E-state index in [9.17, 15) is 4.79 Å². The van der Waals surface area contributed by atoms with Crippen molar-refractivity contribution in [1.29, 1.82) is 0 Å². The lowest BCUT2D eigenvalue weighted by atomic mass is 9.92. The Labute approximate surface area is 172 Å². The van der Waals surface area contributed by atoms with Gasteiger partial charge < -0.3 is 11.1 Å². The molecule has 3 rings (SSSR count). The van der Waals surface area contributed by atoms with Crippen molar-refractivity contribution in [2.45, 2.75) is 39.7 Å². The molecule has 6 heteroatoms. The smallest absolute Gasteiger partial charge is 0.257 e. The second kappa shape index (κ2) is 8.48. The number of nitrogens with one attached hydrogen (secondary N) is 1. The molecule has 5 nitrogen and oxygen atoms in total. The van der Waals surface area contributed by atoms with Crippen LogP contribution in [0, 0.1) is 6.92 Å². The largest absolute Gasteiger partial charge is 0.399 e. The average Bonchev–Trinajstić information content (AvgIpc) is 3.01. The minimum absolute atomic E-state index is 0. The van der Waals surface area contributed by atoms with Gasteiger partial charge in [0.15, 0.2) is 0 Å². The molecular weight excluding hydrogens is 372 g/mol. The van der Waals surface area contributed by atoms with Crippen LogP contribution >= 0.6 is 12.4 Å². The van der Waals surface area contributed by atoms with Crippen LogP contribution in [0.2, 0.25) is 0 Å². The summed E-state index contributed by atoms with van der Waals surface area (Å²) >= 11 is 0. The fourth-order valence-corrected chi connectivity index (χ4v) is 2.83. The number of aromatic nitrogens is 2. The number of nitrogen functional groups attached to an aromatic ring is 1. The van der Waals surface area contributed by atoms with E-state index in [1.54, 1.807) is 12.1 Å². The van der Waals surface area contributed by atoms with Crippen molar-refractivity contribution in [1.82, 2.24) is 9.78 Å². The zero-order valence-corrected chi connectivity index (χ0v) is 17.5. The number of amides is 1. The normalized spacial score (nSPS) is 11.0. The first-order valence-electron chi connectivity index (χ1n) is 9.04. The van der Waals surface area contributed by atoms with Crippen LogP contribution in [0.15, 0.2) is 54.6 Å². The number of aryl methyl sites for hydroxylation is 1. The Morgan fingerprint density at radius 1 is 1.11 bits per heavy atom. The molecule has 3 N–H and O–H groups in total. The summed E-state index contributed by atoms with van der Waals surface area (Å²) in [5, 5.41) is 7.75. The van der Waals surface area contributed by atoms with Gasteiger partial charge in [0, 0.05) is 22.7 Å². The van der Waals surface area contributed by atoms with Crippen LogP contribution < -0.4 is 11.1 Å². The number of carbonyl (C=O) groups is 1. The standard InChI is InChI=1S/C22H26N4O.ClH/c1-15-10-11-17(23)12-18(15)21(27)24-20-13-19(22(2,3)4)25-26(20)14-16-8-6-5-7-9-16;/h5-13H,14,23H2,1-4H3,(H,24,27);1H. The fraction of sp³-hybridized carbons (Fsp3) is 0.273. The summed E-state index contributed by atoms with van der Waals surface area (Å²) in [5.74, 6) is 0.491. The van der Waals surface area contributed by atoms with Gasteiger partial charge in [0.05, 0.1) is 12.2 Å². The zero-order chi connectivity index (χ0) is 19.6. The Kier molecular flexibility index (Phi) is 6.52. The molecule has 28 heavy (non-hydrogen) atoms. The summed E-state index contributed by atoms with van der Waals surface area (Å²) in [4.78, 5) is 12.8. The minimum Gasteiger partial charge on any atom is -0.399 e. The lowest BCUT2D eigenvalue weighted by Crippen LogP contribution is -2.17. The van der Waals surface area contributed by atoms with E-state index in [1.165, 1.54) is 0 Å². The van der Waals surface area contributed by atoms with Crippen LogP contribution in [-0.2, 0) is 12.0 Å². The molecule has 0 unspecified atom stereocenters. The molecule has 0 aliphatic carbocycles. The van der Waals surface area contributed by atoms with Crippen LogP contribution in [0.1, 0.15) is 48.0 Å². The quantitative estimate of drug-likeness (QED) is 0.620. The number of benzene rings is 2. The van der Waals surface area contributed by atoms with Gasteiger partial charge in [0.1, 0.15) is 5.82 Å². The highest BCUT2D eigenvalue weighted by atomic mass is 35.5. The predicted molar refractivity (Wildman–Crippen MR) is 117 cm³/mol. The van der Waals surface area contributed by atoms with E-state index in [0.717, 1.165) is 16.8 Å². The van der Waals surface area contributed by atoms with E-state index in [1.807, 2.05) is 54.1 Å². The van der Waals surface area contributed by atoms with E-state index in [4.69, 9.17) is 10.8 Å². The van der Waals surface area contributed by atoms with Gasteiger partial charge in [-0.05, 0) is 30.2 Å². The van der Waals surface area contributed by atoms with Gasteiger partial charge in [0.2, 0.25) is 0 Å². The molecule has 0 aliphatic rings. The number of halogens is 1. The number of hydrogen-bond acceptors (Lipinski definition) is 3. The van der Waals surface area contributed by atoms with Crippen LogP contribution in [0.5, 0.6) is 0 Å². The van der Waals surface area contributed by atoms with E-state index >= 15 is 0 Å². The fourth-order valence-electron chi connectivity index (χ4n) is 2.83. The van der Waals surface area contributed by atoms with Crippen LogP contribution in [-0.4, -0.2) is 15.7 Å². The van der Waals surface area contributed by atoms with Crippen molar-refractivity contribution < 1.29 is 4.79 Å². The monoisotopic (exact) mass is 398 g/mol. The molecule has 0 spiro atoms. The minimum atomic E-state index is -0.186. The van der Waals surface area contributed by atoms with Gasteiger partial charge in [-0.15, -0.1) is 12.4 Å². The highest BCUT2D eigenvalue weighted by Crippen LogP contribution is 2.25. The number of anilines is 2. The number of nitrogens with two attached hydrogens (primary N) is 1. The molecule has 0 aliphatic heterocycles. The lowest BCUT2D eigenvalue weighted by Gasteiger charge is -2.14. The Morgan fingerprint density at radius 3 is 2.43 bits per heavy atom. The lowest BCUT2D eigenvalue weighted by molar-refractivity contribution is 0.102. The molecule has 0 saturated carbocycles. The Balaban J connectivity index is 0.00000280. The van der Waals surface area contributed by atoms with Gasteiger partial charge in [-0.1, -0.05) is 57.2 Å². The van der Waals surface area contributed by atoms with Gasteiger partial charge in [-0.3, -0.25) is 4.79 Å². The average molecular weight is 399 g/mol. The molecule has 0 atom stereocenters. The topological polar surface area (TPSA) is 72.9 Å². The molecule has 1 amide bonds. The van der Waals surface area contributed by atoms with Crippen molar-refractivity contribution in [3.05, 3.63) is 77.0 Å². The Bertz CT molecular complexity index is 958. The first-order valence-corrected chi connectivity index (χ1v) is 9.04. The maximum Gasteiger partial charge on any atom is 0.257 e. The summed E-state index contributed by atoms with van der Waals surface area (Å²) in [6.45, 7) is 8.81. The highest BCUT2D eigenvalue weighted by molar-refractivity contribution is 6.05. The molecule has 2 aromatic carbocycles. The van der Waals surface area contributed by atoms with E-state index < -0.39 is 0 Å². The van der Waals surface area contributed by atoms with Crippen LogP contribution in [0.25, 0.3) is 0 Å². The molecule has 0 bridgehead atoms. The molecular formula is C22H27ClN4O. The summed E-state index contributed by atoms with van der Waals surface area (Å²) in [6, 6.07) is 17.4. The van der Waals surface area contributed by atoms with Gasteiger partial charge >= 0.3 is 0 Å². The molecule has 148 valence electrons. The van der Waals surface area contributed by atoms with Gasteiger partial charge in [-0.25, -0.2) is 4.68 Å². The van der Waals surface area contributed by atoms with Gasteiger partial charge in [0.25, 0.3) is 5.91 Å². The summed E-state index contributed by atoms with van der Waals surface area (Å²) in [7, 11) is 0. The number of carbonyl (C=O) groups excluding carboxylic acids is 1. The third-order valence-electron chi connectivity index (χ3n) is 4.47. The maximum absolute atomic E-state index is 12.8. The molecule has 0 fully saturated rings. The first-order chi connectivity index (χ1) is 12.7. The van der Waals surface area contributed by atoms with Crippen LogP contribution in [0.4, 0.5) is 11.5 Å². The Hall–Kier alpha value is -2.79. The van der Waals surface area contributed by atoms with Crippen molar-refractivity contribution in [3.63, 3.8) is 0 Å². The third kappa shape index (κ3) is 4.93. The predicted octanol–water partition coefficient (Wildman–Crippen LogP) is 4.79. The third-order valence-corrected chi connectivity index (χ3v) is 4.47. The number of hydrogen-bond donors (Lipinski definition) is 2. The molecule has 1 aromatic heterocycles. The summed E-state index contributed by atoms with van der Waals surface area (Å²) < 4.78 is 1.84. The van der Waals surface area contributed by atoms with Crippen molar-refractivity contribution in [2.75, 3.05) is 11.1 Å². The van der Waals surface area contributed by atoms with Crippen molar-refractivity contribution in [2.24, 2.45) is 0 Å². The second-order valence-corrected chi connectivity index (χ2v) is 7.84. The Morgan fingerprint density at radius 2 is 1.79 bits per heavy atom. The second-order valence-electron chi connectivity index (χ2n) is 7.84. The van der Waals surface area contributed by atoms with Crippen molar-refractivity contribution >= 4 is 29.8 Å². The number of rotatable bonds is 4. The zero-order valence-electron chi connectivity index (χ0n) is 16.7. The van der Waals surface area contributed by atoms with Crippen molar-refractivity contribution in [3.8, 4) is 0 Å². The molecule has 3 aromatic rings. The van der Waals surface area contributed by atoms with E-state index in [0.29, 0.717) is 23.6 Å². The number of nitrogens with zero attached hydrogens (tertiary/aromatic N) is 2. The highest BCUT2D eigenvalue weighted by Gasteiger charge is 2.21. The van der Waals surface area contributed by atoms with E-state index in [-0.39, 0.29) is 23.7 Å². The summed E-state index contributed by atoms with van der Waals surface area (Å²) in [6.07, 6.45) is 0. The van der Waals surface area contributed by atoms with E-state index in [2.05, 4.69) is 26.1 Å². The van der Waals surface area contributed by atoms with Crippen LogP contribution in [0.3, 0.4) is 0 Å². The van der Waals surface area contributed by atoms with Gasteiger partial charge in [-0.2, -0.15) is 5.10 Å². The molecule has 0 saturated heterocycles. The maximum atomic E-state index is 12.8. The summed E-state index contributed by atoms with van der Waals surface area (Å²) in [5.41, 5.74) is 9.81.